The molecule has 0 spiro atoms. The quantitative estimate of drug-likeness (QED) is 0.436. The molecule has 0 amide bonds. The zero-order valence-electron chi connectivity index (χ0n) is 11.0. The third-order valence-corrected chi connectivity index (χ3v) is 4.26. The minimum Gasteiger partial charge on any atom is -0.469 e. The third kappa shape index (κ3) is 6.74. The highest BCUT2D eigenvalue weighted by Gasteiger charge is 2.44. The van der Waals surface area contributed by atoms with Crippen molar-refractivity contribution in [1.29, 1.82) is 0 Å². The Morgan fingerprint density at radius 2 is 1.41 bits per heavy atom. The van der Waals surface area contributed by atoms with Gasteiger partial charge < -0.3 is 22.4 Å². The Morgan fingerprint density at radius 1 is 0.941 bits per heavy atom. The van der Waals surface area contributed by atoms with E-state index in [9.17, 15) is 4.79 Å². The molecule has 0 aliphatic carbocycles. The van der Waals surface area contributed by atoms with Gasteiger partial charge in [0.2, 0.25) is 0 Å². The van der Waals surface area contributed by atoms with Crippen LogP contribution in [0.25, 0.3) is 0 Å². The van der Waals surface area contributed by atoms with Crippen molar-refractivity contribution in [1.82, 2.24) is 0 Å². The van der Waals surface area contributed by atoms with Gasteiger partial charge in [-0.15, -0.1) is 0 Å². The van der Waals surface area contributed by atoms with Gasteiger partial charge in [0.1, 0.15) is 0 Å². The van der Waals surface area contributed by atoms with E-state index in [1.54, 1.807) is 0 Å². The molecule has 0 unspecified atom stereocenters. The van der Waals surface area contributed by atoms with Crippen molar-refractivity contribution in [3.8, 4) is 0 Å². The summed E-state index contributed by atoms with van der Waals surface area (Å²) in [4.78, 5) is 11.0. The molecule has 0 atom stereocenters. The summed E-state index contributed by atoms with van der Waals surface area (Å²) in [5.74, 6) is -0.336. The zero-order chi connectivity index (χ0) is 13.1. The molecule has 7 heteroatoms. The van der Waals surface area contributed by atoms with Crippen LogP contribution in [0.4, 0.5) is 0 Å². The second-order valence-electron chi connectivity index (χ2n) is 2.97. The average molecular weight is 266 g/mol. The number of hydrogen-bond acceptors (Lipinski definition) is 6. The Hall–Kier alpha value is -0.473. The molecule has 0 fully saturated rings. The minimum atomic E-state index is -3.08. The first kappa shape index (κ1) is 16.5. The first-order valence-electron chi connectivity index (χ1n) is 5.76. The van der Waals surface area contributed by atoms with Crippen molar-refractivity contribution in [2.75, 3.05) is 33.5 Å². The lowest BCUT2D eigenvalue weighted by atomic mass is 10.5. The summed E-state index contributed by atoms with van der Waals surface area (Å²) in [6, 6.07) is 0. The molecule has 0 N–H and O–H groups in total. The van der Waals surface area contributed by atoms with Gasteiger partial charge in [-0.25, -0.2) is 0 Å². The number of esters is 1. The van der Waals surface area contributed by atoms with Crippen LogP contribution in [0.1, 0.15) is 27.2 Å². The molecule has 6 nitrogen and oxygen atoms in total. The fourth-order valence-corrected chi connectivity index (χ4v) is 3.05. The molecule has 102 valence electrons. The number of methoxy groups -OCH3 is 1. The summed E-state index contributed by atoms with van der Waals surface area (Å²) in [6.07, 6.45) is 0.151. The Balaban J connectivity index is 4.27. The molecule has 0 radical (unpaired) electrons. The van der Waals surface area contributed by atoms with E-state index in [0.29, 0.717) is 19.8 Å². The Bertz CT molecular complexity index is 194. The van der Waals surface area contributed by atoms with Crippen LogP contribution < -0.4 is 0 Å². The lowest BCUT2D eigenvalue weighted by Gasteiger charge is -2.26. The largest absolute Gasteiger partial charge is 0.679 e. The number of hydrogen-bond donors (Lipinski definition) is 0. The summed E-state index contributed by atoms with van der Waals surface area (Å²) in [6.45, 7) is 6.98. The second kappa shape index (κ2) is 9.55. The number of carbonyl (C=O) groups excluding carboxylic acids is 1. The molecular weight excluding hydrogens is 244 g/mol. The van der Waals surface area contributed by atoms with Crippen LogP contribution in [0, 0.1) is 0 Å². The van der Waals surface area contributed by atoms with E-state index in [1.165, 1.54) is 7.11 Å². The van der Waals surface area contributed by atoms with Crippen LogP contribution in [-0.4, -0.2) is 48.6 Å². The molecule has 0 aromatic rings. The van der Waals surface area contributed by atoms with Gasteiger partial charge >= 0.3 is 15.0 Å². The molecule has 0 saturated carbocycles. The van der Waals surface area contributed by atoms with Crippen molar-refractivity contribution >= 4 is 15.0 Å². The van der Waals surface area contributed by atoms with E-state index >= 15 is 0 Å². The van der Waals surface area contributed by atoms with Crippen LogP contribution in [-0.2, 0) is 27.2 Å². The zero-order valence-corrected chi connectivity index (χ0v) is 12.0. The molecule has 0 bridgehead atoms. The van der Waals surface area contributed by atoms with E-state index in [1.807, 2.05) is 20.8 Å². The van der Waals surface area contributed by atoms with Crippen LogP contribution in [0.5, 0.6) is 0 Å². The van der Waals surface area contributed by atoms with Crippen LogP contribution >= 0.6 is 0 Å². The minimum absolute atomic E-state index is 0.151. The molecular formula is C10H22O6Si. The third-order valence-electron chi connectivity index (χ3n) is 1.78. The number of rotatable bonds is 10. The van der Waals surface area contributed by atoms with Crippen molar-refractivity contribution in [2.45, 2.75) is 27.2 Å². The first-order chi connectivity index (χ1) is 8.14. The van der Waals surface area contributed by atoms with E-state index in [4.69, 9.17) is 17.7 Å². The molecule has 0 heterocycles. The maximum atomic E-state index is 11.0. The summed E-state index contributed by atoms with van der Waals surface area (Å²) < 4.78 is 26.4. The Kier molecular flexibility index (Phi) is 9.28. The highest BCUT2D eigenvalue weighted by atomic mass is 28.4. The van der Waals surface area contributed by atoms with Crippen LogP contribution in [0.3, 0.4) is 0 Å². The predicted molar refractivity (Wildman–Crippen MR) is 63.2 cm³/mol. The van der Waals surface area contributed by atoms with Gasteiger partial charge in [-0.3, -0.25) is 4.79 Å². The smallest absolute Gasteiger partial charge is 0.469 e. The van der Waals surface area contributed by atoms with E-state index in [-0.39, 0.29) is 19.0 Å². The summed E-state index contributed by atoms with van der Waals surface area (Å²) in [5.41, 5.74) is 0. The molecule has 0 saturated heterocycles. The van der Waals surface area contributed by atoms with Gasteiger partial charge in [0, 0.05) is 19.8 Å². The number of ether oxygens (including phenoxy) is 1. The highest BCUT2D eigenvalue weighted by molar-refractivity contribution is 6.53. The molecule has 17 heavy (non-hydrogen) atoms. The Labute approximate surface area is 104 Å². The molecule has 0 rings (SSSR count). The Morgan fingerprint density at radius 3 is 1.76 bits per heavy atom. The van der Waals surface area contributed by atoms with Crippen molar-refractivity contribution in [3.05, 3.63) is 0 Å². The molecule has 0 aliphatic heterocycles. The molecule has 0 aromatic heterocycles. The fourth-order valence-electron chi connectivity index (χ4n) is 1.14. The van der Waals surface area contributed by atoms with Gasteiger partial charge in [-0.05, 0) is 20.8 Å². The van der Waals surface area contributed by atoms with E-state index < -0.39 is 9.05 Å². The van der Waals surface area contributed by atoms with Crippen molar-refractivity contribution in [3.63, 3.8) is 0 Å². The fraction of sp³-hybridized carbons (Fsp3) is 0.900. The maximum Gasteiger partial charge on any atom is 0.679 e. The topological polar surface area (TPSA) is 63.2 Å². The first-order valence-corrected chi connectivity index (χ1v) is 7.40. The van der Waals surface area contributed by atoms with Gasteiger partial charge in [0.05, 0.1) is 20.1 Å². The average Bonchev–Trinajstić information content (AvgIpc) is 2.30. The normalized spacial score (nSPS) is 11.5. The lowest BCUT2D eigenvalue weighted by Crippen LogP contribution is -2.49. The van der Waals surface area contributed by atoms with Crippen molar-refractivity contribution in [2.24, 2.45) is 0 Å². The molecule has 0 aliphatic rings. The van der Waals surface area contributed by atoms with Crippen LogP contribution in [0.2, 0.25) is 0 Å². The molecule has 0 aromatic carbocycles. The second-order valence-corrected chi connectivity index (χ2v) is 5.13. The predicted octanol–water partition coefficient (Wildman–Crippen LogP) is 1.11. The van der Waals surface area contributed by atoms with Gasteiger partial charge in [0.25, 0.3) is 0 Å². The van der Waals surface area contributed by atoms with Gasteiger partial charge in [0.15, 0.2) is 0 Å². The maximum absolute atomic E-state index is 11.0. The van der Waals surface area contributed by atoms with E-state index in [2.05, 4.69) is 4.74 Å². The SMILES string of the molecule is CCO[Si](OCC)(OCC)OCCC(=O)OC. The summed E-state index contributed by atoms with van der Waals surface area (Å²) >= 11 is 0. The highest BCUT2D eigenvalue weighted by Crippen LogP contribution is 2.12. The van der Waals surface area contributed by atoms with Gasteiger partial charge in [-0.1, -0.05) is 0 Å². The van der Waals surface area contributed by atoms with Crippen molar-refractivity contribution < 1.29 is 27.2 Å². The number of carbonyl (C=O) groups is 1. The van der Waals surface area contributed by atoms with E-state index in [0.717, 1.165) is 0 Å². The van der Waals surface area contributed by atoms with Crippen LogP contribution in [0.15, 0.2) is 0 Å². The lowest BCUT2D eigenvalue weighted by molar-refractivity contribution is -0.141. The monoisotopic (exact) mass is 266 g/mol. The summed E-state index contributed by atoms with van der Waals surface area (Å²) in [7, 11) is -1.75. The van der Waals surface area contributed by atoms with Gasteiger partial charge in [-0.2, -0.15) is 0 Å². The standard InChI is InChI=1S/C10H22O6Si/c1-5-13-17(14-6-2,15-7-3)16-9-8-10(11)12-4/h5-9H2,1-4H3. The summed E-state index contributed by atoms with van der Waals surface area (Å²) in [5, 5.41) is 0.